The number of carboxylic acid groups (broad SMARTS) is 1. The molecule has 0 fully saturated rings. The number of amides is 1. The number of rotatable bonds is 2. The highest BCUT2D eigenvalue weighted by molar-refractivity contribution is 6.36. The molecule has 1 aliphatic heterocycles. The monoisotopic (exact) mass is 345 g/mol. The van der Waals surface area contributed by atoms with E-state index in [1.165, 1.54) is 36.4 Å². The highest BCUT2D eigenvalue weighted by atomic mass is 35.5. The van der Waals surface area contributed by atoms with E-state index in [4.69, 9.17) is 16.7 Å². The smallest absolute Gasteiger partial charge is 0.335 e. The number of ketones is 1. The Morgan fingerprint density at radius 1 is 1.17 bits per heavy atom. The summed E-state index contributed by atoms with van der Waals surface area (Å²) in [6, 6.07) is 7.70. The average molecular weight is 346 g/mol. The number of carbonyl (C=O) groups is 3. The summed E-state index contributed by atoms with van der Waals surface area (Å²) in [5.41, 5.74) is 0.291. The Kier molecular flexibility index (Phi) is 3.91. The summed E-state index contributed by atoms with van der Waals surface area (Å²) in [5, 5.41) is 11.5. The van der Waals surface area contributed by atoms with E-state index < -0.39 is 23.5 Å². The minimum Gasteiger partial charge on any atom is -0.478 e. The topological polar surface area (TPSA) is 83.5 Å². The molecule has 2 aromatic rings. The van der Waals surface area contributed by atoms with Crippen molar-refractivity contribution in [2.45, 2.75) is 0 Å². The van der Waals surface area contributed by atoms with Gasteiger partial charge >= 0.3 is 5.97 Å². The Morgan fingerprint density at radius 2 is 1.92 bits per heavy atom. The first kappa shape index (κ1) is 15.9. The van der Waals surface area contributed by atoms with Gasteiger partial charge in [-0.05, 0) is 42.0 Å². The van der Waals surface area contributed by atoms with Crippen LogP contribution in [0.15, 0.2) is 42.0 Å². The molecule has 2 aromatic carbocycles. The maximum Gasteiger partial charge on any atom is 0.335 e. The number of hydrogen-bond donors (Lipinski definition) is 2. The number of aromatic carboxylic acids is 1. The van der Waals surface area contributed by atoms with Crippen LogP contribution in [-0.2, 0) is 4.79 Å². The third-order valence-corrected chi connectivity index (χ3v) is 3.81. The highest BCUT2D eigenvalue weighted by Gasteiger charge is 2.29. The number of benzene rings is 2. The van der Waals surface area contributed by atoms with Crippen LogP contribution in [0.5, 0.6) is 0 Å². The molecule has 0 aromatic heterocycles. The number of Topliss-reactive ketones (excluding diaryl/α,β-unsaturated/α-hetero) is 1. The molecule has 0 saturated carbocycles. The lowest BCUT2D eigenvalue weighted by atomic mass is 9.93. The quantitative estimate of drug-likeness (QED) is 0.645. The Labute approximate surface area is 140 Å². The maximum atomic E-state index is 13.5. The van der Waals surface area contributed by atoms with Gasteiger partial charge in [0.05, 0.1) is 21.8 Å². The Balaban J connectivity index is 2.07. The summed E-state index contributed by atoms with van der Waals surface area (Å²) in [6.07, 6.45) is 1.23. The second-order valence-corrected chi connectivity index (χ2v) is 5.49. The summed E-state index contributed by atoms with van der Waals surface area (Å²) in [6.45, 7) is 0. The van der Waals surface area contributed by atoms with Crippen molar-refractivity contribution in [2.24, 2.45) is 0 Å². The maximum absolute atomic E-state index is 13.5. The van der Waals surface area contributed by atoms with Crippen molar-refractivity contribution in [1.82, 2.24) is 0 Å². The fourth-order valence-corrected chi connectivity index (χ4v) is 2.43. The molecule has 1 aliphatic rings. The summed E-state index contributed by atoms with van der Waals surface area (Å²) in [4.78, 5) is 35.7. The summed E-state index contributed by atoms with van der Waals surface area (Å²) < 4.78 is 13.5. The van der Waals surface area contributed by atoms with E-state index >= 15 is 0 Å². The van der Waals surface area contributed by atoms with E-state index in [2.05, 4.69) is 5.32 Å². The van der Waals surface area contributed by atoms with Crippen molar-refractivity contribution in [3.63, 3.8) is 0 Å². The van der Waals surface area contributed by atoms with Gasteiger partial charge in [0.25, 0.3) is 5.91 Å². The van der Waals surface area contributed by atoms with Gasteiger partial charge in [0.1, 0.15) is 5.82 Å². The predicted molar refractivity (Wildman–Crippen MR) is 85.7 cm³/mol. The first-order valence-electron chi connectivity index (χ1n) is 6.77. The molecule has 24 heavy (non-hydrogen) atoms. The zero-order valence-corrected chi connectivity index (χ0v) is 12.7. The highest BCUT2D eigenvalue weighted by Crippen LogP contribution is 2.28. The van der Waals surface area contributed by atoms with Crippen molar-refractivity contribution in [1.29, 1.82) is 0 Å². The van der Waals surface area contributed by atoms with Crippen LogP contribution in [0.2, 0.25) is 5.02 Å². The van der Waals surface area contributed by atoms with Crippen molar-refractivity contribution in [2.75, 3.05) is 5.32 Å². The number of nitrogens with one attached hydrogen (secondary N) is 1. The fraction of sp³-hybridized carbons (Fsp3) is 0. The van der Waals surface area contributed by atoms with E-state index in [1.807, 2.05) is 0 Å². The van der Waals surface area contributed by atoms with Crippen LogP contribution in [0.25, 0.3) is 6.08 Å². The SMILES string of the molecule is O=C1Nc2ccc(C(=O)O)cc2C(=O)C1=Cc1ccc(Cl)c(F)c1. The lowest BCUT2D eigenvalue weighted by Gasteiger charge is -2.18. The van der Waals surface area contributed by atoms with E-state index in [1.54, 1.807) is 0 Å². The second-order valence-electron chi connectivity index (χ2n) is 5.08. The number of hydrogen-bond acceptors (Lipinski definition) is 3. The summed E-state index contributed by atoms with van der Waals surface area (Å²) >= 11 is 5.60. The third kappa shape index (κ3) is 2.79. The van der Waals surface area contributed by atoms with Crippen molar-refractivity contribution in [3.05, 3.63) is 69.5 Å². The van der Waals surface area contributed by atoms with Crippen LogP contribution in [0.4, 0.5) is 10.1 Å². The number of carboxylic acids is 1. The zero-order valence-electron chi connectivity index (χ0n) is 12.0. The van der Waals surface area contributed by atoms with Gasteiger partial charge in [0.2, 0.25) is 5.78 Å². The molecule has 0 atom stereocenters. The van der Waals surface area contributed by atoms with Gasteiger partial charge in [-0.2, -0.15) is 0 Å². The molecule has 0 saturated heterocycles. The molecular weight excluding hydrogens is 337 g/mol. The van der Waals surface area contributed by atoms with Crippen LogP contribution < -0.4 is 5.32 Å². The molecule has 3 rings (SSSR count). The lowest BCUT2D eigenvalue weighted by molar-refractivity contribution is -0.112. The van der Waals surface area contributed by atoms with Gasteiger partial charge in [-0.15, -0.1) is 0 Å². The molecule has 0 radical (unpaired) electrons. The zero-order chi connectivity index (χ0) is 17.4. The molecule has 0 spiro atoms. The predicted octanol–water partition coefficient (Wildman–Crippen LogP) is 3.40. The minimum atomic E-state index is -1.19. The first-order chi connectivity index (χ1) is 11.4. The Morgan fingerprint density at radius 3 is 2.58 bits per heavy atom. The van der Waals surface area contributed by atoms with Gasteiger partial charge in [0.15, 0.2) is 0 Å². The van der Waals surface area contributed by atoms with Gasteiger partial charge in [0, 0.05) is 5.56 Å². The number of fused-ring (bicyclic) bond motifs is 1. The second kappa shape index (κ2) is 5.90. The van der Waals surface area contributed by atoms with Crippen LogP contribution in [0, 0.1) is 5.82 Å². The molecule has 0 aliphatic carbocycles. The van der Waals surface area contributed by atoms with Gasteiger partial charge in [-0.1, -0.05) is 17.7 Å². The molecule has 5 nitrogen and oxygen atoms in total. The average Bonchev–Trinajstić information content (AvgIpc) is 2.54. The molecular formula is C17H9ClFNO4. The summed E-state index contributed by atoms with van der Waals surface area (Å²) in [5.74, 6) is -3.14. The van der Waals surface area contributed by atoms with Gasteiger partial charge in [-0.25, -0.2) is 9.18 Å². The molecule has 7 heteroatoms. The summed E-state index contributed by atoms with van der Waals surface area (Å²) in [7, 11) is 0. The van der Waals surface area contributed by atoms with Crippen molar-refractivity contribution < 1.29 is 23.9 Å². The van der Waals surface area contributed by atoms with E-state index in [0.29, 0.717) is 0 Å². The normalized spacial score (nSPS) is 15.2. The van der Waals surface area contributed by atoms with E-state index in [-0.39, 0.29) is 33.0 Å². The van der Waals surface area contributed by atoms with Crippen LogP contribution >= 0.6 is 11.6 Å². The minimum absolute atomic E-state index is 0.0650. The van der Waals surface area contributed by atoms with Crippen molar-refractivity contribution in [3.8, 4) is 0 Å². The third-order valence-electron chi connectivity index (χ3n) is 3.50. The fourth-order valence-electron chi connectivity index (χ4n) is 2.31. The van der Waals surface area contributed by atoms with E-state index in [9.17, 15) is 18.8 Å². The standard InChI is InChI=1S/C17H9ClFNO4/c18-12-3-1-8(6-13(12)19)5-11-15(21)10-7-9(17(23)24)2-4-14(10)20-16(11)22/h1-7H,(H,20,22)(H,23,24). The van der Waals surface area contributed by atoms with Gasteiger partial charge < -0.3 is 10.4 Å². The first-order valence-corrected chi connectivity index (χ1v) is 7.15. The van der Waals surface area contributed by atoms with Gasteiger partial charge in [-0.3, -0.25) is 9.59 Å². The molecule has 0 bridgehead atoms. The molecule has 1 heterocycles. The Hall–Kier alpha value is -2.99. The number of halogens is 2. The van der Waals surface area contributed by atoms with E-state index in [0.717, 1.165) is 6.07 Å². The van der Waals surface area contributed by atoms with Crippen LogP contribution in [-0.4, -0.2) is 22.8 Å². The van der Waals surface area contributed by atoms with Crippen molar-refractivity contribution >= 4 is 41.0 Å². The number of carbonyl (C=O) groups excluding carboxylic acids is 2. The Bertz CT molecular complexity index is 936. The molecule has 0 unspecified atom stereocenters. The molecule has 1 amide bonds. The molecule has 2 N–H and O–H groups in total. The molecule has 120 valence electrons. The van der Waals surface area contributed by atoms with Crippen LogP contribution in [0.3, 0.4) is 0 Å². The lowest BCUT2D eigenvalue weighted by Crippen LogP contribution is -2.27. The van der Waals surface area contributed by atoms with Crippen LogP contribution in [0.1, 0.15) is 26.3 Å². The number of anilines is 1. The largest absolute Gasteiger partial charge is 0.478 e.